The van der Waals surface area contributed by atoms with E-state index in [9.17, 15) is 13.5 Å². The zero-order valence-corrected chi connectivity index (χ0v) is 21.6. The third-order valence-electron chi connectivity index (χ3n) is 5.18. The van der Waals surface area contributed by atoms with Crippen LogP contribution in [0.4, 0.5) is 0 Å². The minimum absolute atomic E-state index is 0. The monoisotopic (exact) mass is 456 g/mol. The van der Waals surface area contributed by atoms with Gasteiger partial charge >= 0.3 is 29.6 Å². The van der Waals surface area contributed by atoms with Crippen molar-refractivity contribution in [3.63, 3.8) is 0 Å². The molecule has 7 heteroatoms. The van der Waals surface area contributed by atoms with Gasteiger partial charge in [0.15, 0.2) is 0 Å². The van der Waals surface area contributed by atoms with Gasteiger partial charge in [-0.05, 0) is 37.1 Å². The molecule has 1 N–H and O–H groups in total. The van der Waals surface area contributed by atoms with Crippen LogP contribution in [-0.4, -0.2) is 13.0 Å². The van der Waals surface area contributed by atoms with Crippen LogP contribution in [0.2, 0.25) is 0 Å². The van der Waals surface area contributed by atoms with Crippen LogP contribution in [0.3, 0.4) is 0 Å². The van der Waals surface area contributed by atoms with Gasteiger partial charge in [-0.1, -0.05) is 82.4 Å². The number of benzene rings is 2. The average molecular weight is 457 g/mol. The molecule has 2 aromatic rings. The second kappa shape index (κ2) is 14.9. The second-order valence-electron chi connectivity index (χ2n) is 7.75. The predicted octanol–water partition coefficient (Wildman–Crippen LogP) is 3.27. The zero-order chi connectivity index (χ0) is 21.8. The second-order valence-corrected chi connectivity index (χ2v) is 9.18. The van der Waals surface area contributed by atoms with Gasteiger partial charge in [0.25, 0.3) is 10.1 Å². The Balaban J connectivity index is 0.00000480. The fraction of sp³-hybridized carbons (Fsp3) is 0.500. The molecule has 0 amide bonds. The van der Waals surface area contributed by atoms with Crippen LogP contribution < -0.4 is 39.4 Å². The van der Waals surface area contributed by atoms with E-state index in [-0.39, 0.29) is 46.0 Å². The Labute approximate surface area is 209 Å². The van der Waals surface area contributed by atoms with E-state index >= 15 is 0 Å². The molecule has 0 atom stereocenters. The molecule has 31 heavy (non-hydrogen) atoms. The Hall–Kier alpha value is -1.05. The quantitative estimate of drug-likeness (QED) is 0.268. The molecule has 0 aromatic heterocycles. The summed E-state index contributed by atoms with van der Waals surface area (Å²) in [5, 5.41) is 12.3. The van der Waals surface area contributed by atoms with Gasteiger partial charge in [-0.25, -0.2) is 0 Å². The van der Waals surface area contributed by atoms with Crippen molar-refractivity contribution >= 4 is 10.1 Å². The fourth-order valence-electron chi connectivity index (χ4n) is 3.44. The van der Waals surface area contributed by atoms with Crippen molar-refractivity contribution in [3.8, 4) is 17.2 Å². The summed E-state index contributed by atoms with van der Waals surface area (Å²) in [7, 11) is -4.30. The van der Waals surface area contributed by atoms with Crippen molar-refractivity contribution in [1.82, 2.24) is 0 Å². The molecule has 5 nitrogen and oxygen atoms in total. The van der Waals surface area contributed by atoms with Gasteiger partial charge in [-0.15, -0.1) is 5.75 Å². The number of unbranched alkanes of at least 4 members (excludes halogenated alkanes) is 9. The Bertz CT molecular complexity index is 883. The van der Waals surface area contributed by atoms with Crippen LogP contribution in [-0.2, 0) is 16.5 Å². The van der Waals surface area contributed by atoms with E-state index in [1.54, 1.807) is 18.2 Å². The molecule has 0 saturated heterocycles. The number of rotatable bonds is 14. The Morgan fingerprint density at radius 3 is 2.00 bits per heavy atom. The van der Waals surface area contributed by atoms with Crippen LogP contribution in [0.25, 0.3) is 0 Å². The standard InChI is InChI=1S/C24H34O5S.Na/c1-2-3-4-5-6-7-8-9-10-11-13-20-16-17-22(19-24(20)25)29-21-14-12-15-23(18-21)30(26,27)28;/h12,14-19,25H,2-11,13H2,1H3,(H,26,27,28);/q;+1/p-1. The van der Waals surface area contributed by atoms with Crippen LogP contribution in [0.5, 0.6) is 17.2 Å². The molecule has 0 aliphatic carbocycles. The zero-order valence-electron chi connectivity index (χ0n) is 18.8. The minimum Gasteiger partial charge on any atom is -0.872 e. The molecule has 0 fully saturated rings. The molecule has 0 heterocycles. The van der Waals surface area contributed by atoms with E-state index in [1.807, 2.05) is 0 Å². The smallest absolute Gasteiger partial charge is 0.872 e. The first kappa shape index (κ1) is 28.0. The van der Waals surface area contributed by atoms with Gasteiger partial charge in [0.1, 0.15) is 11.5 Å². The third kappa shape index (κ3) is 10.9. The summed E-state index contributed by atoms with van der Waals surface area (Å²) in [5.74, 6) is 0.514. The van der Waals surface area contributed by atoms with Crippen molar-refractivity contribution in [2.45, 2.75) is 82.4 Å². The summed E-state index contributed by atoms with van der Waals surface area (Å²) >= 11 is 0. The summed E-state index contributed by atoms with van der Waals surface area (Å²) < 4.78 is 37.1. The van der Waals surface area contributed by atoms with Crippen LogP contribution in [0.1, 0.15) is 76.7 Å². The number of aryl methyl sites for hydroxylation is 1. The maximum absolute atomic E-state index is 12.3. The topological polar surface area (TPSA) is 86.7 Å². The summed E-state index contributed by atoms with van der Waals surface area (Å²) in [6.07, 6.45) is 13.4. The predicted molar refractivity (Wildman–Crippen MR) is 118 cm³/mol. The fourth-order valence-corrected chi connectivity index (χ4v) is 3.96. The Morgan fingerprint density at radius 2 is 1.42 bits per heavy atom. The molecule has 2 aromatic carbocycles. The molecular weight excluding hydrogens is 423 g/mol. The van der Waals surface area contributed by atoms with Gasteiger partial charge in [0.2, 0.25) is 0 Å². The number of hydrogen-bond acceptors (Lipinski definition) is 4. The molecular formula is C24H33NaO5S. The van der Waals surface area contributed by atoms with E-state index in [4.69, 9.17) is 9.29 Å². The first-order valence-electron chi connectivity index (χ1n) is 11.0. The molecule has 0 saturated carbocycles. The normalized spacial score (nSPS) is 11.2. The first-order chi connectivity index (χ1) is 14.4. The average Bonchev–Trinajstić information content (AvgIpc) is 2.70. The summed E-state index contributed by atoms with van der Waals surface area (Å²) in [4.78, 5) is -0.250. The summed E-state index contributed by atoms with van der Waals surface area (Å²) in [6, 6.07) is 10.4. The van der Waals surface area contributed by atoms with E-state index < -0.39 is 10.1 Å². The van der Waals surface area contributed by atoms with Crippen molar-refractivity contribution in [2.24, 2.45) is 0 Å². The first-order valence-corrected chi connectivity index (χ1v) is 12.4. The van der Waals surface area contributed by atoms with Crippen molar-refractivity contribution in [2.75, 3.05) is 0 Å². The molecule has 0 spiro atoms. The maximum Gasteiger partial charge on any atom is 1.00 e. The van der Waals surface area contributed by atoms with E-state index in [0.717, 1.165) is 24.8 Å². The van der Waals surface area contributed by atoms with Gasteiger partial charge in [-0.3, -0.25) is 4.55 Å². The summed E-state index contributed by atoms with van der Waals surface area (Å²) in [5.41, 5.74) is 0.772. The van der Waals surface area contributed by atoms with Crippen LogP contribution in [0.15, 0.2) is 47.4 Å². The molecule has 2 rings (SSSR count). The van der Waals surface area contributed by atoms with E-state index in [2.05, 4.69) is 6.92 Å². The van der Waals surface area contributed by atoms with E-state index in [0.29, 0.717) is 5.75 Å². The summed E-state index contributed by atoms with van der Waals surface area (Å²) in [6.45, 7) is 2.24. The molecule has 0 aliphatic rings. The van der Waals surface area contributed by atoms with Crippen molar-refractivity contribution in [1.29, 1.82) is 0 Å². The molecule has 0 aliphatic heterocycles. The van der Waals surface area contributed by atoms with Crippen LogP contribution >= 0.6 is 0 Å². The molecule has 0 radical (unpaired) electrons. The Morgan fingerprint density at radius 1 is 0.839 bits per heavy atom. The third-order valence-corrected chi connectivity index (χ3v) is 6.03. The largest absolute Gasteiger partial charge is 1.00 e. The SMILES string of the molecule is CCCCCCCCCCCCc1ccc(Oc2cccc(S(=O)(=O)O)c2)cc1[O-].[Na+]. The molecule has 0 unspecified atom stereocenters. The molecule has 0 bridgehead atoms. The van der Waals surface area contributed by atoms with Gasteiger partial charge in [-0.2, -0.15) is 8.42 Å². The van der Waals surface area contributed by atoms with Crippen LogP contribution in [0, 0.1) is 0 Å². The Kier molecular flexibility index (Phi) is 13.5. The number of ether oxygens (including phenoxy) is 1. The van der Waals surface area contributed by atoms with E-state index in [1.165, 1.54) is 75.6 Å². The van der Waals surface area contributed by atoms with Gasteiger partial charge in [0, 0.05) is 6.07 Å². The maximum atomic E-state index is 12.3. The number of hydrogen-bond donors (Lipinski definition) is 1. The van der Waals surface area contributed by atoms with Gasteiger partial charge in [0.05, 0.1) is 4.90 Å². The molecule has 166 valence electrons. The minimum atomic E-state index is -4.30. The van der Waals surface area contributed by atoms with Crippen molar-refractivity contribution in [3.05, 3.63) is 48.0 Å². The van der Waals surface area contributed by atoms with Crippen molar-refractivity contribution < 1.29 is 52.4 Å². The van der Waals surface area contributed by atoms with Gasteiger partial charge < -0.3 is 9.84 Å².